The van der Waals surface area contributed by atoms with Gasteiger partial charge in [-0.2, -0.15) is 0 Å². The second-order valence-electron chi connectivity index (χ2n) is 5.14. The highest BCUT2D eigenvalue weighted by molar-refractivity contribution is 7.89. The van der Waals surface area contributed by atoms with E-state index < -0.39 is 10.0 Å². The van der Waals surface area contributed by atoms with Gasteiger partial charge in [-0.3, -0.25) is 0 Å². The molecule has 0 bridgehead atoms. The zero-order chi connectivity index (χ0) is 15.2. The van der Waals surface area contributed by atoms with Gasteiger partial charge in [-0.1, -0.05) is 6.92 Å². The molecule has 0 amide bonds. The Bertz CT molecular complexity index is 497. The quantitative estimate of drug-likeness (QED) is 0.724. The van der Waals surface area contributed by atoms with Gasteiger partial charge in [0, 0.05) is 22.8 Å². The fourth-order valence-corrected chi connectivity index (χ4v) is 4.21. The summed E-state index contributed by atoms with van der Waals surface area (Å²) in [5.41, 5.74) is 0. The Labute approximate surface area is 126 Å². The molecule has 116 valence electrons. The van der Waals surface area contributed by atoms with Crippen LogP contribution in [-0.4, -0.2) is 46.5 Å². The standard InChI is InChI=1S/C13H25N3O2S2/c1-5-14-9-12-8-13(10-19-12)20(17,18)15-11(2)6-7-16(3)4/h8,10-11,14-15H,5-7,9H2,1-4H3. The van der Waals surface area contributed by atoms with E-state index in [0.717, 1.165) is 24.4 Å². The molecule has 1 unspecified atom stereocenters. The van der Waals surface area contributed by atoms with Gasteiger partial charge in [-0.15, -0.1) is 11.3 Å². The van der Waals surface area contributed by atoms with Crippen LogP contribution in [0, 0.1) is 0 Å². The maximum absolute atomic E-state index is 12.2. The molecule has 0 aliphatic rings. The fourth-order valence-electron chi connectivity index (χ4n) is 1.69. The van der Waals surface area contributed by atoms with Crippen LogP contribution in [0.2, 0.25) is 0 Å². The molecule has 7 heteroatoms. The molecule has 1 aromatic heterocycles. The van der Waals surface area contributed by atoms with E-state index in [2.05, 4.69) is 10.0 Å². The smallest absolute Gasteiger partial charge is 0.241 e. The Morgan fingerprint density at radius 2 is 2.10 bits per heavy atom. The minimum atomic E-state index is -3.40. The molecule has 0 saturated carbocycles. The number of thiophene rings is 1. The van der Waals surface area contributed by atoms with Gasteiger partial charge in [0.2, 0.25) is 10.0 Å². The average molecular weight is 319 g/mol. The monoisotopic (exact) mass is 319 g/mol. The summed E-state index contributed by atoms with van der Waals surface area (Å²) in [7, 11) is 0.561. The number of sulfonamides is 1. The van der Waals surface area contributed by atoms with Crippen molar-refractivity contribution in [2.24, 2.45) is 0 Å². The zero-order valence-electron chi connectivity index (χ0n) is 12.6. The van der Waals surface area contributed by atoms with Crippen LogP contribution in [-0.2, 0) is 16.6 Å². The SMILES string of the molecule is CCNCc1cc(S(=O)(=O)NC(C)CCN(C)C)cs1. The molecule has 20 heavy (non-hydrogen) atoms. The highest BCUT2D eigenvalue weighted by atomic mass is 32.2. The van der Waals surface area contributed by atoms with Crippen molar-refractivity contribution in [3.05, 3.63) is 16.3 Å². The Morgan fingerprint density at radius 3 is 2.70 bits per heavy atom. The number of nitrogens with one attached hydrogen (secondary N) is 2. The molecule has 1 aromatic rings. The largest absolute Gasteiger partial charge is 0.312 e. The van der Waals surface area contributed by atoms with E-state index in [1.165, 1.54) is 11.3 Å². The number of rotatable bonds is 9. The predicted octanol–water partition coefficient (Wildman–Crippen LogP) is 1.48. The van der Waals surface area contributed by atoms with Crippen LogP contribution in [0.1, 0.15) is 25.1 Å². The van der Waals surface area contributed by atoms with Crippen LogP contribution in [0.3, 0.4) is 0 Å². The lowest BCUT2D eigenvalue weighted by atomic mass is 10.2. The predicted molar refractivity (Wildman–Crippen MR) is 84.7 cm³/mol. The lowest BCUT2D eigenvalue weighted by molar-refractivity contribution is 0.379. The molecule has 2 N–H and O–H groups in total. The molecule has 1 rings (SSSR count). The number of hydrogen-bond donors (Lipinski definition) is 2. The summed E-state index contributed by atoms with van der Waals surface area (Å²) in [6.45, 7) is 6.37. The molecule has 0 spiro atoms. The summed E-state index contributed by atoms with van der Waals surface area (Å²) < 4.78 is 27.2. The van der Waals surface area contributed by atoms with Crippen LogP contribution in [0.4, 0.5) is 0 Å². The zero-order valence-corrected chi connectivity index (χ0v) is 14.3. The molecule has 0 aliphatic carbocycles. The highest BCUT2D eigenvalue weighted by Gasteiger charge is 2.18. The van der Waals surface area contributed by atoms with Crippen LogP contribution in [0.25, 0.3) is 0 Å². The average Bonchev–Trinajstić information content (AvgIpc) is 2.83. The van der Waals surface area contributed by atoms with Crippen molar-refractivity contribution < 1.29 is 8.42 Å². The Balaban J connectivity index is 2.61. The van der Waals surface area contributed by atoms with Crippen molar-refractivity contribution in [1.82, 2.24) is 14.9 Å². The molecule has 0 aliphatic heterocycles. The lowest BCUT2D eigenvalue weighted by Crippen LogP contribution is -2.34. The maximum atomic E-state index is 12.2. The van der Waals surface area contributed by atoms with E-state index >= 15 is 0 Å². The normalized spacial score (nSPS) is 13.8. The van der Waals surface area contributed by atoms with Gasteiger partial charge in [0.1, 0.15) is 0 Å². The Morgan fingerprint density at radius 1 is 1.40 bits per heavy atom. The minimum Gasteiger partial charge on any atom is -0.312 e. The summed E-state index contributed by atoms with van der Waals surface area (Å²) in [6, 6.07) is 1.67. The van der Waals surface area contributed by atoms with E-state index in [4.69, 9.17) is 0 Å². The van der Waals surface area contributed by atoms with Gasteiger partial charge in [0.05, 0.1) is 4.90 Å². The number of nitrogens with zero attached hydrogens (tertiary/aromatic N) is 1. The maximum Gasteiger partial charge on any atom is 0.241 e. The van der Waals surface area contributed by atoms with E-state index in [1.807, 2.05) is 32.8 Å². The Kier molecular flexibility index (Phi) is 7.11. The second-order valence-corrected chi connectivity index (χ2v) is 7.85. The summed E-state index contributed by atoms with van der Waals surface area (Å²) >= 11 is 1.47. The van der Waals surface area contributed by atoms with Crippen LogP contribution in [0.5, 0.6) is 0 Å². The van der Waals surface area contributed by atoms with E-state index in [9.17, 15) is 8.42 Å². The third-order valence-corrected chi connectivity index (χ3v) is 5.51. The van der Waals surface area contributed by atoms with Crippen molar-refractivity contribution in [3.8, 4) is 0 Å². The summed E-state index contributed by atoms with van der Waals surface area (Å²) in [4.78, 5) is 3.45. The molecule has 0 saturated heterocycles. The summed E-state index contributed by atoms with van der Waals surface area (Å²) in [5, 5.41) is 4.89. The van der Waals surface area contributed by atoms with Gasteiger partial charge >= 0.3 is 0 Å². The first-order valence-corrected chi connectivity index (χ1v) is 9.16. The molecule has 0 fully saturated rings. The van der Waals surface area contributed by atoms with Crippen LogP contribution in [0.15, 0.2) is 16.3 Å². The van der Waals surface area contributed by atoms with Crippen molar-refractivity contribution in [3.63, 3.8) is 0 Å². The Hall–Kier alpha value is -0.470. The second kappa shape index (κ2) is 8.09. The number of hydrogen-bond acceptors (Lipinski definition) is 5. The van der Waals surface area contributed by atoms with Crippen molar-refractivity contribution in [1.29, 1.82) is 0 Å². The molecular weight excluding hydrogens is 294 g/mol. The molecule has 1 atom stereocenters. The lowest BCUT2D eigenvalue weighted by Gasteiger charge is -2.16. The van der Waals surface area contributed by atoms with Gasteiger partial charge < -0.3 is 10.2 Å². The fraction of sp³-hybridized carbons (Fsp3) is 0.692. The first kappa shape index (κ1) is 17.6. The van der Waals surface area contributed by atoms with Crippen LogP contribution >= 0.6 is 11.3 Å². The van der Waals surface area contributed by atoms with Crippen molar-refractivity contribution in [2.45, 2.75) is 37.8 Å². The van der Waals surface area contributed by atoms with Crippen molar-refractivity contribution in [2.75, 3.05) is 27.2 Å². The third kappa shape index (κ3) is 5.88. The van der Waals surface area contributed by atoms with Gasteiger partial charge in [0.25, 0.3) is 0 Å². The van der Waals surface area contributed by atoms with E-state index in [0.29, 0.717) is 11.4 Å². The third-order valence-electron chi connectivity index (χ3n) is 2.85. The van der Waals surface area contributed by atoms with Crippen molar-refractivity contribution >= 4 is 21.4 Å². The first-order valence-electron chi connectivity index (χ1n) is 6.80. The molecule has 0 radical (unpaired) electrons. The molecular formula is C13H25N3O2S2. The molecule has 5 nitrogen and oxygen atoms in total. The first-order chi connectivity index (χ1) is 9.35. The topological polar surface area (TPSA) is 61.4 Å². The van der Waals surface area contributed by atoms with E-state index in [1.54, 1.807) is 11.4 Å². The minimum absolute atomic E-state index is 0.0699. The van der Waals surface area contributed by atoms with Gasteiger partial charge in [-0.05, 0) is 46.6 Å². The van der Waals surface area contributed by atoms with Gasteiger partial charge in [-0.25, -0.2) is 13.1 Å². The highest BCUT2D eigenvalue weighted by Crippen LogP contribution is 2.19. The van der Waals surface area contributed by atoms with Gasteiger partial charge in [0.15, 0.2) is 0 Å². The van der Waals surface area contributed by atoms with E-state index in [-0.39, 0.29) is 6.04 Å². The molecule has 0 aromatic carbocycles. The summed E-state index contributed by atoms with van der Waals surface area (Å²) in [6.07, 6.45) is 0.792. The van der Waals surface area contributed by atoms with Crippen LogP contribution < -0.4 is 10.0 Å². The molecule has 1 heterocycles. The summed E-state index contributed by atoms with van der Waals surface area (Å²) in [5.74, 6) is 0.